The van der Waals surface area contributed by atoms with Crippen molar-refractivity contribution < 1.29 is 57.3 Å². The summed E-state index contributed by atoms with van der Waals surface area (Å²) in [5, 5.41) is 20.8. The fourth-order valence-corrected chi connectivity index (χ4v) is 8.52. The van der Waals surface area contributed by atoms with E-state index in [1.807, 2.05) is 32.1 Å². The van der Waals surface area contributed by atoms with Gasteiger partial charge in [0.1, 0.15) is 41.6 Å². The van der Waals surface area contributed by atoms with Crippen molar-refractivity contribution >= 4 is 87.6 Å². The molecular formula is C55H61N15O12. The normalized spacial score (nSPS) is 15.0. The van der Waals surface area contributed by atoms with Crippen LogP contribution >= 0.6 is 0 Å². The predicted octanol–water partition coefficient (Wildman–Crippen LogP) is 4.95. The minimum atomic E-state index is -0.927. The molecule has 10 rings (SSSR count). The monoisotopic (exact) mass is 1120 g/mol. The lowest BCUT2D eigenvalue weighted by atomic mass is 10.1. The van der Waals surface area contributed by atoms with Crippen molar-refractivity contribution in [1.29, 1.82) is 0 Å². The summed E-state index contributed by atoms with van der Waals surface area (Å²) in [5.74, 6) is -1.71. The Morgan fingerprint density at radius 3 is 1.49 bits per heavy atom. The number of nitrogens with zero attached hydrogens (tertiary/aromatic N) is 9. The summed E-state index contributed by atoms with van der Waals surface area (Å²) in [6.45, 7) is 9.37. The summed E-state index contributed by atoms with van der Waals surface area (Å²) in [6.07, 6.45) is 12.0. The number of aryl methyl sites for hydroxylation is 4. The lowest BCUT2D eigenvalue weighted by Crippen LogP contribution is -2.40. The highest BCUT2D eigenvalue weighted by molar-refractivity contribution is 6.11. The smallest absolute Gasteiger partial charge is 0.419 e. The molecule has 3 saturated carbocycles. The van der Waals surface area contributed by atoms with Crippen LogP contribution in [0, 0.1) is 27.7 Å². The number of ether oxygens (including phenoxy) is 4. The number of aromatic nitrogens is 6. The maximum atomic E-state index is 13.6. The minimum absolute atomic E-state index is 0.135. The van der Waals surface area contributed by atoms with E-state index in [2.05, 4.69) is 46.4 Å². The van der Waals surface area contributed by atoms with Gasteiger partial charge in [-0.25, -0.2) is 38.4 Å². The highest BCUT2D eigenvalue weighted by Gasteiger charge is 2.42. The molecule has 6 amide bonds. The third-order valence-corrected chi connectivity index (χ3v) is 13.6. The molecule has 0 bridgehead atoms. The van der Waals surface area contributed by atoms with Gasteiger partial charge in [-0.1, -0.05) is 18.2 Å². The number of anilines is 4. The first-order chi connectivity index (χ1) is 39.3. The van der Waals surface area contributed by atoms with Gasteiger partial charge in [0.2, 0.25) is 13.6 Å². The Hall–Kier alpha value is -9.63. The van der Waals surface area contributed by atoms with Crippen LogP contribution in [-0.4, -0.2) is 143 Å². The molecule has 0 saturated heterocycles. The maximum absolute atomic E-state index is 13.6. The lowest BCUT2D eigenvalue weighted by Gasteiger charge is -2.20. The van der Waals surface area contributed by atoms with Crippen LogP contribution in [0.2, 0.25) is 0 Å². The quantitative estimate of drug-likeness (QED) is 0.0520. The zero-order valence-corrected chi connectivity index (χ0v) is 45.8. The molecule has 3 fully saturated rings. The SMILES string of the molecule is Cc1ccc(C(=O)NC2=NCC=C2)cc1Nc1ncnn2cc(C(=O)N(C(=O)OCOC(=O)C(C)N)C3CC3)c(C)c12.Cc1ccc(C(=O)NC2CC2)cc1Nc1ncnn2cc(C(=O)N(C(=O)OCOC(=O)C(C)N)C3CC3)c(C)c12. The van der Waals surface area contributed by atoms with Crippen molar-refractivity contribution in [2.45, 2.75) is 110 Å². The summed E-state index contributed by atoms with van der Waals surface area (Å²) in [6, 6.07) is 8.47. The van der Waals surface area contributed by atoms with Crippen LogP contribution in [0.5, 0.6) is 0 Å². The Kier molecular flexibility index (Phi) is 17.0. The molecule has 27 nitrogen and oxygen atoms in total. The number of rotatable bonds is 17. The van der Waals surface area contributed by atoms with Gasteiger partial charge in [-0.3, -0.25) is 33.8 Å². The minimum Gasteiger partial charge on any atom is -0.427 e. The Morgan fingerprint density at radius 2 is 1.09 bits per heavy atom. The van der Waals surface area contributed by atoms with Crippen molar-refractivity contribution in [3.8, 4) is 0 Å². The summed E-state index contributed by atoms with van der Waals surface area (Å²) in [7, 11) is 0. The molecule has 2 aromatic carbocycles. The van der Waals surface area contributed by atoms with Gasteiger partial charge >= 0.3 is 24.1 Å². The molecule has 6 aromatic rings. The van der Waals surface area contributed by atoms with Crippen molar-refractivity contribution in [2.24, 2.45) is 16.5 Å². The van der Waals surface area contributed by atoms with Gasteiger partial charge < -0.3 is 51.7 Å². The number of imide groups is 2. The van der Waals surface area contributed by atoms with E-state index in [0.717, 1.165) is 33.8 Å². The first kappa shape index (κ1) is 57.1. The van der Waals surface area contributed by atoms with Crippen LogP contribution < -0.4 is 32.7 Å². The van der Waals surface area contributed by atoms with Gasteiger partial charge in [-0.15, -0.1) is 0 Å². The van der Waals surface area contributed by atoms with Gasteiger partial charge in [0.05, 0.1) is 17.7 Å². The molecule has 4 aromatic heterocycles. The van der Waals surface area contributed by atoms with E-state index in [-0.39, 0.29) is 41.1 Å². The van der Waals surface area contributed by atoms with E-state index in [1.54, 1.807) is 44.2 Å². The molecule has 82 heavy (non-hydrogen) atoms. The van der Waals surface area contributed by atoms with E-state index in [0.29, 0.717) is 94.4 Å². The molecule has 0 radical (unpaired) electrons. The molecule has 4 aliphatic rings. The average Bonchev–Trinajstić information content (AvgIpc) is 4.46. The number of nitrogens with one attached hydrogen (secondary N) is 4. The van der Waals surface area contributed by atoms with E-state index in [9.17, 15) is 38.4 Å². The number of amidine groups is 1. The van der Waals surface area contributed by atoms with Crippen LogP contribution in [0.3, 0.4) is 0 Å². The molecule has 2 unspecified atom stereocenters. The van der Waals surface area contributed by atoms with E-state index < -0.39 is 61.6 Å². The first-order valence-corrected chi connectivity index (χ1v) is 26.4. The topological polar surface area (TPSA) is 353 Å². The molecule has 428 valence electrons. The fourth-order valence-electron chi connectivity index (χ4n) is 8.52. The molecular weight excluding hydrogens is 1060 g/mol. The zero-order chi connectivity index (χ0) is 58.5. The largest absolute Gasteiger partial charge is 0.427 e. The molecule has 2 atom stereocenters. The molecule has 27 heteroatoms. The second-order valence-electron chi connectivity index (χ2n) is 20.2. The van der Waals surface area contributed by atoms with E-state index in [1.165, 1.54) is 47.9 Å². The summed E-state index contributed by atoms with van der Waals surface area (Å²) in [4.78, 5) is 116. The number of hydrogen-bond acceptors (Lipinski definition) is 21. The van der Waals surface area contributed by atoms with Gasteiger partial charge in [0.15, 0.2) is 11.6 Å². The fraction of sp³-hybridized carbons (Fsp3) is 0.364. The average molecular weight is 1120 g/mol. The zero-order valence-electron chi connectivity index (χ0n) is 45.8. The van der Waals surface area contributed by atoms with E-state index in [4.69, 9.17) is 30.4 Å². The van der Waals surface area contributed by atoms with Crippen molar-refractivity contribution in [3.63, 3.8) is 0 Å². The third-order valence-electron chi connectivity index (χ3n) is 13.6. The molecule has 1 aliphatic heterocycles. The second kappa shape index (κ2) is 24.4. The predicted molar refractivity (Wildman–Crippen MR) is 294 cm³/mol. The number of aliphatic imine (C=N–C) groups is 1. The summed E-state index contributed by atoms with van der Waals surface area (Å²) < 4.78 is 22.7. The first-order valence-electron chi connectivity index (χ1n) is 26.4. The van der Waals surface area contributed by atoms with Crippen LogP contribution in [0.25, 0.3) is 11.0 Å². The van der Waals surface area contributed by atoms with Crippen LogP contribution in [-0.2, 0) is 28.5 Å². The molecule has 8 N–H and O–H groups in total. The number of hydrogen-bond donors (Lipinski definition) is 6. The Labute approximate surface area is 468 Å². The van der Waals surface area contributed by atoms with Gasteiger partial charge in [0, 0.05) is 53.0 Å². The standard InChI is InChI=1S/C28H30N8O6.C27H31N7O6/c1-15-6-7-18(25(37)34-22-5-4-10-30-22)11-21(15)33-24-23-16(2)20(12-35(23)32-13-31-24)26(38)36(19-8-9-19)28(40)42-14-41-27(39)17(3)29;1-14-4-5-17(24(35)31-18-6-7-18)10-21(14)32-23-22-15(2)20(11-33(22)30-12-29-23)25(36)34(19-8-9-19)27(38)40-13-39-26(37)16(3)28/h4-7,11-13,17,19H,8-10,14,29H2,1-3H3,(H,30,34,37)(H,31,32,33);4-5,10-12,16,18-19H,6-9,13,28H2,1-3H3,(H,31,35)(H,29,30,32). The highest BCUT2D eigenvalue weighted by atomic mass is 16.7. The number of carbonyl (C=O) groups excluding carboxylic acids is 8. The summed E-state index contributed by atoms with van der Waals surface area (Å²) in [5.41, 5.74) is 17.5. The number of benzene rings is 2. The summed E-state index contributed by atoms with van der Waals surface area (Å²) >= 11 is 0. The Morgan fingerprint density at radius 1 is 0.634 bits per heavy atom. The van der Waals surface area contributed by atoms with Crippen LogP contribution in [0.4, 0.5) is 32.6 Å². The van der Waals surface area contributed by atoms with Crippen molar-refractivity contribution in [1.82, 2.24) is 49.6 Å². The van der Waals surface area contributed by atoms with Crippen LogP contribution in [0.15, 0.2) is 78.6 Å². The molecule has 0 spiro atoms. The maximum Gasteiger partial charge on any atom is 0.419 e. The third kappa shape index (κ3) is 13.2. The number of carbonyl (C=O) groups is 8. The van der Waals surface area contributed by atoms with Gasteiger partial charge in [-0.2, -0.15) is 10.2 Å². The Balaban J connectivity index is 0.000000198. The molecule has 5 heterocycles. The lowest BCUT2D eigenvalue weighted by molar-refractivity contribution is -0.154. The van der Waals surface area contributed by atoms with Gasteiger partial charge in [0.25, 0.3) is 23.6 Å². The number of fused-ring (bicyclic) bond motifs is 2. The highest BCUT2D eigenvalue weighted by Crippen LogP contribution is 2.35. The number of amides is 6. The van der Waals surface area contributed by atoms with Crippen LogP contribution in [0.1, 0.15) is 116 Å². The second-order valence-corrected chi connectivity index (χ2v) is 20.2. The number of esters is 2. The number of nitrogens with two attached hydrogens (primary N) is 2. The Bertz CT molecular complexity index is 3600. The molecule has 3 aliphatic carbocycles. The van der Waals surface area contributed by atoms with Gasteiger partial charge in [-0.05, 0) is 133 Å². The van der Waals surface area contributed by atoms with Crippen molar-refractivity contribution in [3.05, 3.63) is 118 Å². The van der Waals surface area contributed by atoms with Crippen molar-refractivity contribution in [2.75, 3.05) is 30.8 Å². The van der Waals surface area contributed by atoms with E-state index >= 15 is 0 Å².